The number of nitrogens with zero attached hydrogens (tertiary/aromatic N) is 6. The van der Waals surface area contributed by atoms with E-state index < -0.39 is 0 Å². The van der Waals surface area contributed by atoms with E-state index in [2.05, 4.69) is 26.5 Å². The van der Waals surface area contributed by atoms with E-state index >= 15 is 0 Å². The highest BCUT2D eigenvalue weighted by molar-refractivity contribution is 5.93. The number of fused-ring (bicyclic) bond motifs is 1. The number of amides is 1. The molecule has 7 nitrogen and oxygen atoms in total. The average molecular weight is 362 g/mol. The summed E-state index contributed by atoms with van der Waals surface area (Å²) in [5.74, 6) is 0.981. The largest absolute Gasteiger partial charge is 0.337 e. The van der Waals surface area contributed by atoms with E-state index in [1.807, 2.05) is 33.8 Å². The van der Waals surface area contributed by atoms with E-state index in [1.165, 1.54) is 12.8 Å². The van der Waals surface area contributed by atoms with Gasteiger partial charge in [0.05, 0.1) is 22.9 Å². The number of para-hydroxylation sites is 2. The van der Waals surface area contributed by atoms with Crippen molar-refractivity contribution >= 4 is 16.9 Å². The van der Waals surface area contributed by atoms with Crippen molar-refractivity contribution in [3.8, 4) is 0 Å². The Labute approximate surface area is 157 Å². The first-order valence-corrected chi connectivity index (χ1v) is 9.67. The normalized spacial score (nSPS) is 20.1. The Morgan fingerprint density at radius 2 is 2.00 bits per heavy atom. The summed E-state index contributed by atoms with van der Waals surface area (Å²) in [6, 6.07) is 7.63. The summed E-state index contributed by atoms with van der Waals surface area (Å²) in [5, 5.41) is 8.56. The Balaban J connectivity index is 1.28. The molecule has 0 bridgehead atoms. The van der Waals surface area contributed by atoms with Crippen molar-refractivity contribution in [3.63, 3.8) is 0 Å². The number of carbonyl (C=O) groups excluding carboxylic acids is 1. The van der Waals surface area contributed by atoms with Crippen molar-refractivity contribution in [2.45, 2.75) is 38.1 Å². The molecule has 138 valence electrons. The summed E-state index contributed by atoms with van der Waals surface area (Å²) >= 11 is 0. The zero-order valence-electron chi connectivity index (χ0n) is 15.2. The molecule has 1 aliphatic heterocycles. The summed E-state index contributed by atoms with van der Waals surface area (Å²) in [6.07, 6.45) is 8.24. The Bertz CT molecular complexity index is 979. The quantitative estimate of drug-likeness (QED) is 0.713. The van der Waals surface area contributed by atoms with Gasteiger partial charge in [-0.15, -0.1) is 5.10 Å². The highest BCUT2D eigenvalue weighted by Crippen LogP contribution is 2.38. The van der Waals surface area contributed by atoms with Crippen LogP contribution in [0.5, 0.6) is 0 Å². The fourth-order valence-electron chi connectivity index (χ4n) is 3.85. The number of carbonyl (C=O) groups is 1. The maximum Gasteiger partial charge on any atom is 0.274 e. The van der Waals surface area contributed by atoms with Gasteiger partial charge in [0.2, 0.25) is 0 Å². The molecule has 0 spiro atoms. The summed E-state index contributed by atoms with van der Waals surface area (Å²) in [5.41, 5.74) is 3.10. The Morgan fingerprint density at radius 1 is 1.15 bits per heavy atom. The highest BCUT2D eigenvalue weighted by Gasteiger charge is 2.28. The minimum atomic E-state index is -0.0322. The van der Waals surface area contributed by atoms with Crippen molar-refractivity contribution in [2.75, 3.05) is 13.1 Å². The molecule has 1 saturated heterocycles. The average Bonchev–Trinajstić information content (AvgIpc) is 3.47. The van der Waals surface area contributed by atoms with Gasteiger partial charge in [-0.05, 0) is 43.7 Å². The van der Waals surface area contributed by atoms with Crippen LogP contribution in [0.4, 0.5) is 0 Å². The van der Waals surface area contributed by atoms with Crippen LogP contribution in [0, 0.1) is 5.92 Å². The molecule has 1 aromatic carbocycles. The molecule has 2 aromatic heterocycles. The van der Waals surface area contributed by atoms with Crippen LogP contribution in [0.3, 0.4) is 0 Å². The topological polar surface area (TPSA) is 76.8 Å². The zero-order valence-corrected chi connectivity index (χ0v) is 15.2. The van der Waals surface area contributed by atoms with Crippen LogP contribution in [0.1, 0.15) is 47.8 Å². The van der Waals surface area contributed by atoms with Crippen LogP contribution in [0.25, 0.3) is 11.0 Å². The molecule has 2 aliphatic rings. The van der Waals surface area contributed by atoms with Gasteiger partial charge < -0.3 is 4.90 Å². The summed E-state index contributed by atoms with van der Waals surface area (Å²) in [7, 11) is 0. The number of likely N-dealkylation sites (tertiary alicyclic amines) is 1. The number of hydrogen-bond acceptors (Lipinski definition) is 5. The molecule has 0 radical (unpaired) electrons. The fourth-order valence-corrected chi connectivity index (χ4v) is 3.85. The molecule has 3 heterocycles. The number of aromatic nitrogens is 5. The standard InChI is InChI=1S/C20H22N6O/c27-20(18-10-21-16-5-1-2-6-17(16)22-18)25-9-3-4-14(11-25)12-26-13-19(23-24-26)15-7-8-15/h1-2,5-6,10,13-15H,3-4,7-9,11-12H2/t14-/m0/s1. The van der Waals surface area contributed by atoms with Gasteiger partial charge in [-0.2, -0.15) is 0 Å². The van der Waals surface area contributed by atoms with Crippen LogP contribution in [0.15, 0.2) is 36.7 Å². The van der Waals surface area contributed by atoms with E-state index in [1.54, 1.807) is 6.20 Å². The zero-order chi connectivity index (χ0) is 18.2. The summed E-state index contributed by atoms with van der Waals surface area (Å²) < 4.78 is 1.95. The van der Waals surface area contributed by atoms with Gasteiger partial charge in [0.25, 0.3) is 5.91 Å². The van der Waals surface area contributed by atoms with Gasteiger partial charge in [0.15, 0.2) is 0 Å². The predicted octanol–water partition coefficient (Wildman–Crippen LogP) is 2.65. The minimum absolute atomic E-state index is 0.0322. The maximum atomic E-state index is 12.9. The molecule has 5 rings (SSSR count). The summed E-state index contributed by atoms with van der Waals surface area (Å²) in [6.45, 7) is 2.31. The fraction of sp³-hybridized carbons (Fsp3) is 0.450. The molecule has 3 aromatic rings. The smallest absolute Gasteiger partial charge is 0.274 e. The van der Waals surface area contributed by atoms with Crippen molar-refractivity contribution in [1.82, 2.24) is 29.9 Å². The summed E-state index contributed by atoms with van der Waals surface area (Å²) in [4.78, 5) is 23.7. The monoisotopic (exact) mass is 362 g/mol. The van der Waals surface area contributed by atoms with E-state index in [-0.39, 0.29) is 5.91 Å². The number of hydrogen-bond donors (Lipinski definition) is 0. The third kappa shape index (κ3) is 3.41. The molecular weight excluding hydrogens is 340 g/mol. The van der Waals surface area contributed by atoms with Gasteiger partial charge in [0, 0.05) is 31.7 Å². The molecule has 1 amide bonds. The molecule has 0 N–H and O–H groups in total. The van der Waals surface area contributed by atoms with E-state index in [9.17, 15) is 4.79 Å². The Morgan fingerprint density at radius 3 is 2.85 bits per heavy atom. The number of benzene rings is 1. The third-order valence-corrected chi connectivity index (χ3v) is 5.47. The van der Waals surface area contributed by atoms with Crippen molar-refractivity contribution in [1.29, 1.82) is 0 Å². The lowest BCUT2D eigenvalue weighted by Crippen LogP contribution is -2.41. The third-order valence-electron chi connectivity index (χ3n) is 5.47. The lowest BCUT2D eigenvalue weighted by atomic mass is 9.98. The van der Waals surface area contributed by atoms with Crippen LogP contribution < -0.4 is 0 Å². The second kappa shape index (κ2) is 6.72. The molecule has 0 unspecified atom stereocenters. The molecule has 2 fully saturated rings. The second-order valence-electron chi connectivity index (χ2n) is 7.64. The van der Waals surface area contributed by atoms with E-state index in [0.717, 1.165) is 49.2 Å². The van der Waals surface area contributed by atoms with Crippen LogP contribution in [-0.2, 0) is 6.54 Å². The van der Waals surface area contributed by atoms with Gasteiger partial charge >= 0.3 is 0 Å². The number of piperidine rings is 1. The Kier molecular flexibility index (Phi) is 4.07. The van der Waals surface area contributed by atoms with Crippen molar-refractivity contribution in [2.24, 2.45) is 5.92 Å². The van der Waals surface area contributed by atoms with Gasteiger partial charge in [-0.1, -0.05) is 17.3 Å². The maximum absolute atomic E-state index is 12.9. The lowest BCUT2D eigenvalue weighted by Gasteiger charge is -2.32. The minimum Gasteiger partial charge on any atom is -0.337 e. The molecule has 27 heavy (non-hydrogen) atoms. The second-order valence-corrected chi connectivity index (χ2v) is 7.64. The first-order valence-electron chi connectivity index (χ1n) is 9.67. The van der Waals surface area contributed by atoms with E-state index in [4.69, 9.17) is 0 Å². The van der Waals surface area contributed by atoms with Gasteiger partial charge in [-0.3, -0.25) is 14.5 Å². The van der Waals surface area contributed by atoms with Gasteiger partial charge in [0.1, 0.15) is 5.69 Å². The molecule has 1 saturated carbocycles. The Hall–Kier alpha value is -2.83. The van der Waals surface area contributed by atoms with Crippen LogP contribution in [-0.4, -0.2) is 48.9 Å². The molecular formula is C20H22N6O. The highest BCUT2D eigenvalue weighted by atomic mass is 16.2. The van der Waals surface area contributed by atoms with Crippen LogP contribution >= 0.6 is 0 Å². The molecule has 1 atom stereocenters. The van der Waals surface area contributed by atoms with Gasteiger partial charge in [-0.25, -0.2) is 4.98 Å². The SMILES string of the molecule is O=C(c1cnc2ccccc2n1)N1CCC[C@H](Cn2cc(C3CC3)nn2)C1. The first kappa shape index (κ1) is 16.4. The first-order chi connectivity index (χ1) is 13.3. The molecule has 7 heteroatoms. The molecule has 1 aliphatic carbocycles. The van der Waals surface area contributed by atoms with E-state index in [0.29, 0.717) is 17.5 Å². The number of rotatable bonds is 4. The lowest BCUT2D eigenvalue weighted by molar-refractivity contribution is 0.0653. The van der Waals surface area contributed by atoms with Crippen molar-refractivity contribution < 1.29 is 4.79 Å². The van der Waals surface area contributed by atoms with Crippen LogP contribution in [0.2, 0.25) is 0 Å². The predicted molar refractivity (Wildman–Crippen MR) is 100 cm³/mol. The van der Waals surface area contributed by atoms with Crippen molar-refractivity contribution in [3.05, 3.63) is 48.0 Å².